The Morgan fingerprint density at radius 2 is 1.41 bits per heavy atom. The van der Waals surface area contributed by atoms with Gasteiger partial charge < -0.3 is 4.74 Å². The van der Waals surface area contributed by atoms with Gasteiger partial charge in [0.25, 0.3) is 0 Å². The van der Waals surface area contributed by atoms with Crippen molar-refractivity contribution in [2.45, 2.75) is 37.8 Å². The summed E-state index contributed by atoms with van der Waals surface area (Å²) in [7, 11) is 1.72. The molecule has 0 saturated carbocycles. The van der Waals surface area contributed by atoms with Gasteiger partial charge in [-0.1, -0.05) is 80.4 Å². The summed E-state index contributed by atoms with van der Waals surface area (Å²) in [4.78, 5) is 25.8. The number of carbonyl (C=O) groups excluding carboxylic acids is 2. The van der Waals surface area contributed by atoms with Crippen LogP contribution in [0.4, 0.5) is 13.2 Å². The highest BCUT2D eigenvalue weighted by atomic mass is 31.0. The molecule has 29 heavy (non-hydrogen) atoms. The van der Waals surface area contributed by atoms with Crippen LogP contribution >= 0.6 is 9.12 Å². The number of unbranched alkanes of at least 4 members (excludes halogenated alkanes) is 2. The molecule has 0 bridgehead atoms. The summed E-state index contributed by atoms with van der Waals surface area (Å²) in [6, 6.07) is 13.5. The van der Waals surface area contributed by atoms with Crippen molar-refractivity contribution in [3.63, 3.8) is 0 Å². The zero-order chi connectivity index (χ0) is 21.9. The van der Waals surface area contributed by atoms with Crippen LogP contribution in [0, 0.1) is 0 Å². The highest BCUT2D eigenvalue weighted by Gasteiger charge is 2.67. The van der Waals surface area contributed by atoms with Crippen LogP contribution in [0.1, 0.15) is 42.1 Å². The molecule has 2 rings (SSSR count). The Bertz CT molecular complexity index is 782. The van der Waals surface area contributed by atoms with E-state index in [4.69, 9.17) is 9.30 Å². The van der Waals surface area contributed by atoms with E-state index in [9.17, 15) is 22.8 Å². The number of hydrogen-bond donors (Lipinski definition) is 0. The standard InChI is InChI=1S/C21H21F3O3.HOP/c1-2-3-10-15-27-19(26)20(21(22,23)24,17-13-8-5-9-14-17)18(25)16-11-6-4-7-12-16;1-2/h4-9,11-14H,2-3,10,15H2,1H3;2H. The first-order chi connectivity index (χ1) is 13.9. The predicted molar refractivity (Wildman–Crippen MR) is 104 cm³/mol. The van der Waals surface area contributed by atoms with Gasteiger partial charge in [-0.05, 0) is 12.0 Å². The summed E-state index contributed by atoms with van der Waals surface area (Å²) in [5.74, 6) is -2.94. The molecule has 0 fully saturated rings. The number of rotatable bonds is 8. The zero-order valence-corrected chi connectivity index (χ0v) is 16.9. The molecule has 0 aliphatic heterocycles. The van der Waals surface area contributed by atoms with Crippen molar-refractivity contribution in [2.24, 2.45) is 0 Å². The molecule has 8 heteroatoms. The Labute approximate surface area is 169 Å². The van der Waals surface area contributed by atoms with Gasteiger partial charge in [-0.25, -0.2) is 0 Å². The maximum absolute atomic E-state index is 14.3. The molecule has 0 radical (unpaired) electrons. The molecule has 0 heterocycles. The molecule has 1 atom stereocenters. The Balaban J connectivity index is 0.00000204. The lowest BCUT2D eigenvalue weighted by atomic mass is 9.73. The van der Waals surface area contributed by atoms with Gasteiger partial charge in [0, 0.05) is 5.56 Å². The first-order valence-electron chi connectivity index (χ1n) is 8.95. The lowest BCUT2D eigenvalue weighted by Gasteiger charge is -2.32. The second kappa shape index (κ2) is 11.5. The van der Waals surface area contributed by atoms with E-state index >= 15 is 0 Å². The van der Waals surface area contributed by atoms with Crippen LogP contribution in [-0.2, 0) is 19.5 Å². The van der Waals surface area contributed by atoms with E-state index in [1.54, 1.807) is 15.2 Å². The van der Waals surface area contributed by atoms with Crippen LogP contribution in [0.2, 0.25) is 0 Å². The summed E-state index contributed by atoms with van der Waals surface area (Å²) in [5, 5.41) is 0. The third kappa shape index (κ3) is 5.51. The van der Waals surface area contributed by atoms with Gasteiger partial charge in [-0.3, -0.25) is 14.2 Å². The van der Waals surface area contributed by atoms with Gasteiger partial charge in [0.1, 0.15) is 9.12 Å². The minimum Gasteiger partial charge on any atom is -0.464 e. The molecule has 0 aliphatic carbocycles. The Kier molecular flexibility index (Phi) is 9.69. The molecule has 1 unspecified atom stereocenters. The van der Waals surface area contributed by atoms with E-state index < -0.39 is 28.9 Å². The van der Waals surface area contributed by atoms with Crippen LogP contribution in [0.5, 0.6) is 0 Å². The van der Waals surface area contributed by atoms with Gasteiger partial charge in [0.2, 0.25) is 5.41 Å². The molecule has 2 aromatic carbocycles. The number of ether oxygens (including phenoxy) is 1. The Morgan fingerprint density at radius 3 is 1.90 bits per heavy atom. The van der Waals surface area contributed by atoms with Crippen LogP contribution in [0.25, 0.3) is 0 Å². The van der Waals surface area contributed by atoms with Crippen molar-refractivity contribution in [3.05, 3.63) is 71.8 Å². The summed E-state index contributed by atoms with van der Waals surface area (Å²) in [6.45, 7) is 1.75. The molecular weight excluding hydrogens is 404 g/mol. The molecule has 156 valence electrons. The van der Waals surface area contributed by atoms with E-state index in [0.29, 0.717) is 12.8 Å². The summed E-state index contributed by atoms with van der Waals surface area (Å²) >= 11 is 0. The first-order valence-corrected chi connectivity index (χ1v) is 9.36. The topological polar surface area (TPSA) is 60.4 Å². The fourth-order valence-electron chi connectivity index (χ4n) is 2.87. The van der Waals surface area contributed by atoms with Crippen molar-refractivity contribution in [3.8, 4) is 0 Å². The second-order valence-electron chi connectivity index (χ2n) is 6.15. The predicted octanol–water partition coefficient (Wildman–Crippen LogP) is 5.58. The number of alkyl halides is 3. The van der Waals surface area contributed by atoms with Crippen molar-refractivity contribution < 1.29 is 32.1 Å². The van der Waals surface area contributed by atoms with Crippen molar-refractivity contribution in [1.82, 2.24) is 0 Å². The molecule has 0 amide bonds. The van der Waals surface area contributed by atoms with Gasteiger partial charge in [-0.15, -0.1) is 0 Å². The Morgan fingerprint density at radius 1 is 0.897 bits per heavy atom. The fraction of sp³-hybridized carbons (Fsp3) is 0.333. The number of hydrogen-bond acceptors (Lipinski definition) is 4. The van der Waals surface area contributed by atoms with Crippen LogP contribution in [0.15, 0.2) is 60.7 Å². The maximum Gasteiger partial charge on any atom is 0.416 e. The molecule has 2 aromatic rings. The van der Waals surface area contributed by atoms with E-state index in [-0.39, 0.29) is 12.2 Å². The number of benzene rings is 2. The second-order valence-corrected chi connectivity index (χ2v) is 6.15. The van der Waals surface area contributed by atoms with Gasteiger partial charge in [0.05, 0.1) is 6.61 Å². The summed E-state index contributed by atoms with van der Waals surface area (Å²) in [6.07, 6.45) is -3.19. The quantitative estimate of drug-likeness (QED) is 0.182. The van der Waals surface area contributed by atoms with E-state index in [1.807, 2.05) is 6.92 Å². The number of Topliss-reactive ketones (excluding diaryl/α,β-unsaturated/α-hetero) is 1. The highest BCUT2D eigenvalue weighted by molar-refractivity contribution is 7.00. The molecular formula is C21H22F3O4P. The molecule has 4 nitrogen and oxygen atoms in total. The molecule has 0 aromatic heterocycles. The number of ketones is 1. The number of esters is 1. The van der Waals surface area contributed by atoms with E-state index in [2.05, 4.69) is 0 Å². The number of carbonyl (C=O) groups is 2. The average molecular weight is 426 g/mol. The average Bonchev–Trinajstić information content (AvgIpc) is 2.73. The SMILES string of the molecule is CCCCCOC(=O)C(C(=O)c1ccccc1)(c1ccccc1)C(F)(F)F.O=P. The van der Waals surface area contributed by atoms with Crippen LogP contribution in [0.3, 0.4) is 0 Å². The monoisotopic (exact) mass is 426 g/mol. The third-order valence-electron chi connectivity index (χ3n) is 4.30. The molecule has 0 spiro atoms. The maximum atomic E-state index is 14.3. The Hall–Kier alpha value is -2.53. The number of halogens is 3. The zero-order valence-electron chi connectivity index (χ0n) is 15.9. The van der Waals surface area contributed by atoms with Crippen LogP contribution < -0.4 is 0 Å². The van der Waals surface area contributed by atoms with Gasteiger partial charge >= 0.3 is 12.1 Å². The largest absolute Gasteiger partial charge is 0.464 e. The molecule has 0 N–H and O–H groups in total. The van der Waals surface area contributed by atoms with Gasteiger partial charge in [0.15, 0.2) is 5.78 Å². The third-order valence-corrected chi connectivity index (χ3v) is 4.30. The van der Waals surface area contributed by atoms with Gasteiger partial charge in [-0.2, -0.15) is 13.2 Å². The normalized spacial score (nSPS) is 12.8. The lowest BCUT2D eigenvalue weighted by molar-refractivity contribution is -0.197. The van der Waals surface area contributed by atoms with Crippen LogP contribution in [-0.4, -0.2) is 24.5 Å². The summed E-state index contributed by atoms with van der Waals surface area (Å²) in [5.41, 5.74) is -4.06. The van der Waals surface area contributed by atoms with E-state index in [1.165, 1.54) is 42.5 Å². The van der Waals surface area contributed by atoms with Crippen molar-refractivity contribution in [2.75, 3.05) is 6.61 Å². The fourth-order valence-corrected chi connectivity index (χ4v) is 2.87. The van der Waals surface area contributed by atoms with Crippen molar-refractivity contribution in [1.29, 1.82) is 0 Å². The minimum absolute atomic E-state index is 0.167. The molecule has 0 saturated heterocycles. The minimum atomic E-state index is -5.16. The first kappa shape index (κ1) is 24.5. The van der Waals surface area contributed by atoms with E-state index in [0.717, 1.165) is 18.6 Å². The summed E-state index contributed by atoms with van der Waals surface area (Å²) < 4.78 is 55.9. The van der Waals surface area contributed by atoms with Crippen molar-refractivity contribution >= 4 is 20.9 Å². The smallest absolute Gasteiger partial charge is 0.416 e. The highest BCUT2D eigenvalue weighted by Crippen LogP contribution is 2.44. The molecule has 0 aliphatic rings. The lowest BCUT2D eigenvalue weighted by Crippen LogP contribution is -2.56.